The smallest absolute Gasteiger partial charge is 0.416 e. The zero-order chi connectivity index (χ0) is 22.4. The molecule has 0 bridgehead atoms. The number of carbonyl (C=O) groups excluding carboxylic acids is 1. The van der Waals surface area contributed by atoms with Gasteiger partial charge in [0.25, 0.3) is 5.91 Å². The second kappa shape index (κ2) is 11.6. The van der Waals surface area contributed by atoms with Crippen molar-refractivity contribution < 1.29 is 22.4 Å². The van der Waals surface area contributed by atoms with Gasteiger partial charge in [-0.1, -0.05) is 25.1 Å². The highest BCUT2D eigenvalue weighted by Gasteiger charge is 2.30. The van der Waals surface area contributed by atoms with E-state index in [4.69, 9.17) is 4.42 Å². The number of guanidine groups is 1. The lowest BCUT2D eigenvalue weighted by atomic mass is 9.96. The zero-order valence-corrected chi connectivity index (χ0v) is 20.4. The predicted molar refractivity (Wildman–Crippen MR) is 127 cm³/mol. The minimum absolute atomic E-state index is 0. The molecule has 1 aliphatic heterocycles. The fourth-order valence-electron chi connectivity index (χ4n) is 3.60. The van der Waals surface area contributed by atoms with Crippen LogP contribution in [-0.4, -0.2) is 61.4 Å². The first kappa shape index (κ1) is 26.0. The maximum atomic E-state index is 12.9. The summed E-state index contributed by atoms with van der Waals surface area (Å²) < 4.78 is 44.0. The summed E-state index contributed by atoms with van der Waals surface area (Å²) in [6.45, 7) is 4.88. The Hall–Kier alpha value is -2.24. The molecule has 176 valence electrons. The Morgan fingerprint density at radius 3 is 2.44 bits per heavy atom. The fourth-order valence-corrected chi connectivity index (χ4v) is 3.60. The number of hydrogen-bond donors (Lipinski definition) is 1. The molecule has 1 fully saturated rings. The largest absolute Gasteiger partial charge is 0.459 e. The number of amides is 1. The van der Waals surface area contributed by atoms with Crippen molar-refractivity contribution in [3.63, 3.8) is 0 Å². The van der Waals surface area contributed by atoms with Crippen LogP contribution in [0.2, 0.25) is 0 Å². The quantitative estimate of drug-likeness (QED) is 0.332. The van der Waals surface area contributed by atoms with Gasteiger partial charge in [-0.3, -0.25) is 9.79 Å². The first-order chi connectivity index (χ1) is 14.8. The summed E-state index contributed by atoms with van der Waals surface area (Å²) >= 11 is 0. The van der Waals surface area contributed by atoms with Gasteiger partial charge >= 0.3 is 6.18 Å². The number of piperazine rings is 1. The van der Waals surface area contributed by atoms with Crippen LogP contribution in [0.3, 0.4) is 0 Å². The van der Waals surface area contributed by atoms with Crippen molar-refractivity contribution in [3.8, 4) is 0 Å². The summed E-state index contributed by atoms with van der Waals surface area (Å²) in [5, 5.41) is 3.29. The summed E-state index contributed by atoms with van der Waals surface area (Å²) in [6.07, 6.45) is -2.19. The number of nitrogens with one attached hydrogen (secondary N) is 1. The molecule has 0 saturated carbocycles. The molecule has 2 heterocycles. The van der Waals surface area contributed by atoms with Gasteiger partial charge in [0, 0.05) is 39.8 Å². The topological polar surface area (TPSA) is 61.1 Å². The van der Waals surface area contributed by atoms with Gasteiger partial charge in [-0.15, -0.1) is 24.0 Å². The molecule has 10 heteroatoms. The molecule has 1 aromatic heterocycles. The molecule has 6 nitrogen and oxygen atoms in total. The molecule has 1 atom stereocenters. The molecular weight excluding hydrogens is 536 g/mol. The molecule has 1 aliphatic rings. The standard InChI is InChI=1S/C22H27F3N4O2.HI/c1-16(17-5-3-6-18(15-17)22(23,24)25)8-9-27-21(26-2)29-12-10-28(11-13-29)20(30)19-7-4-14-31-19;/h3-7,14-16H,8-13H2,1-2H3,(H,26,27);1H. The fraction of sp³-hybridized carbons (Fsp3) is 0.455. The van der Waals surface area contributed by atoms with Crippen molar-refractivity contribution in [1.29, 1.82) is 0 Å². The van der Waals surface area contributed by atoms with Crippen LogP contribution in [-0.2, 0) is 6.18 Å². The SMILES string of the molecule is CN=C(NCCC(C)c1cccc(C(F)(F)F)c1)N1CCN(C(=O)c2ccco2)CC1.I. The van der Waals surface area contributed by atoms with E-state index >= 15 is 0 Å². The second-order valence-electron chi connectivity index (χ2n) is 7.54. The minimum atomic E-state index is -4.34. The third-order valence-electron chi connectivity index (χ3n) is 5.45. The van der Waals surface area contributed by atoms with Crippen molar-refractivity contribution in [2.45, 2.75) is 25.4 Å². The van der Waals surface area contributed by atoms with E-state index in [1.54, 1.807) is 30.1 Å². The number of furan rings is 1. The number of halogens is 4. The van der Waals surface area contributed by atoms with E-state index in [-0.39, 0.29) is 35.8 Å². The van der Waals surface area contributed by atoms with Gasteiger partial charge in [0.05, 0.1) is 11.8 Å². The molecule has 32 heavy (non-hydrogen) atoms. The van der Waals surface area contributed by atoms with Crippen molar-refractivity contribution in [2.75, 3.05) is 39.8 Å². The van der Waals surface area contributed by atoms with Crippen LogP contribution in [0.1, 0.15) is 40.9 Å². The number of rotatable bonds is 5. The molecule has 1 N–H and O–H groups in total. The number of hydrogen-bond acceptors (Lipinski definition) is 3. The van der Waals surface area contributed by atoms with Crippen molar-refractivity contribution in [1.82, 2.24) is 15.1 Å². The lowest BCUT2D eigenvalue weighted by Gasteiger charge is -2.36. The van der Waals surface area contributed by atoms with Gasteiger partial charge in [0.1, 0.15) is 0 Å². The Labute approximate surface area is 202 Å². The lowest BCUT2D eigenvalue weighted by Crippen LogP contribution is -2.53. The van der Waals surface area contributed by atoms with Crippen LogP contribution in [0.4, 0.5) is 13.2 Å². The third-order valence-corrected chi connectivity index (χ3v) is 5.45. The van der Waals surface area contributed by atoms with E-state index in [0.29, 0.717) is 50.5 Å². The molecule has 2 aromatic rings. The first-order valence-electron chi connectivity index (χ1n) is 10.2. The van der Waals surface area contributed by atoms with Crippen LogP contribution in [0, 0.1) is 0 Å². The van der Waals surface area contributed by atoms with E-state index < -0.39 is 11.7 Å². The highest BCUT2D eigenvalue weighted by atomic mass is 127. The Morgan fingerprint density at radius 2 is 1.84 bits per heavy atom. The van der Waals surface area contributed by atoms with Gasteiger partial charge in [-0.2, -0.15) is 13.2 Å². The monoisotopic (exact) mass is 564 g/mol. The van der Waals surface area contributed by atoms with E-state index in [9.17, 15) is 18.0 Å². The third kappa shape index (κ3) is 6.63. The summed E-state index contributed by atoms with van der Waals surface area (Å²) in [6, 6.07) is 8.83. The van der Waals surface area contributed by atoms with E-state index in [1.165, 1.54) is 18.4 Å². The lowest BCUT2D eigenvalue weighted by molar-refractivity contribution is -0.137. The average molecular weight is 564 g/mol. The number of nitrogens with zero attached hydrogens (tertiary/aromatic N) is 3. The highest BCUT2D eigenvalue weighted by molar-refractivity contribution is 14.0. The Bertz CT molecular complexity index is 895. The summed E-state index contributed by atoms with van der Waals surface area (Å²) in [7, 11) is 1.69. The maximum absolute atomic E-state index is 12.9. The van der Waals surface area contributed by atoms with Gasteiger partial charge in [0.15, 0.2) is 11.7 Å². The summed E-state index contributed by atoms with van der Waals surface area (Å²) in [5.41, 5.74) is 0.0410. The number of aliphatic imine (C=N–C) groups is 1. The molecule has 0 spiro atoms. The molecular formula is C22H28F3IN4O2. The van der Waals surface area contributed by atoms with Gasteiger partial charge in [-0.05, 0) is 36.1 Å². The van der Waals surface area contributed by atoms with E-state index in [2.05, 4.69) is 15.2 Å². The Balaban J connectivity index is 0.00000363. The predicted octanol–water partition coefficient (Wildman–Crippen LogP) is 4.44. The second-order valence-corrected chi connectivity index (χ2v) is 7.54. The van der Waals surface area contributed by atoms with Gasteiger partial charge in [0.2, 0.25) is 0 Å². The summed E-state index contributed by atoms with van der Waals surface area (Å²) in [4.78, 5) is 20.5. The van der Waals surface area contributed by atoms with E-state index in [0.717, 1.165) is 12.0 Å². The molecule has 0 radical (unpaired) electrons. The van der Waals surface area contributed by atoms with Crippen molar-refractivity contribution in [2.24, 2.45) is 4.99 Å². The van der Waals surface area contributed by atoms with Crippen LogP contribution < -0.4 is 5.32 Å². The summed E-state index contributed by atoms with van der Waals surface area (Å²) in [5.74, 6) is 0.902. The molecule has 1 unspecified atom stereocenters. The molecule has 1 amide bonds. The molecule has 1 saturated heterocycles. The van der Waals surface area contributed by atoms with Crippen molar-refractivity contribution in [3.05, 3.63) is 59.5 Å². The van der Waals surface area contributed by atoms with Gasteiger partial charge < -0.3 is 19.5 Å². The molecule has 3 rings (SSSR count). The van der Waals surface area contributed by atoms with E-state index in [1.807, 2.05) is 6.92 Å². The van der Waals surface area contributed by atoms with Crippen LogP contribution in [0.5, 0.6) is 0 Å². The first-order valence-corrected chi connectivity index (χ1v) is 10.2. The molecule has 1 aromatic carbocycles. The number of carbonyl (C=O) groups is 1. The van der Waals surface area contributed by atoms with Gasteiger partial charge in [-0.25, -0.2) is 0 Å². The van der Waals surface area contributed by atoms with Crippen LogP contribution >= 0.6 is 24.0 Å². The normalized spacial score (nSPS) is 15.8. The maximum Gasteiger partial charge on any atom is 0.416 e. The number of benzene rings is 1. The Morgan fingerprint density at radius 1 is 1.16 bits per heavy atom. The minimum Gasteiger partial charge on any atom is -0.459 e. The zero-order valence-electron chi connectivity index (χ0n) is 18.1. The Kier molecular flexibility index (Phi) is 9.41. The van der Waals surface area contributed by atoms with Crippen LogP contribution in [0.15, 0.2) is 52.1 Å². The highest BCUT2D eigenvalue weighted by Crippen LogP contribution is 2.31. The number of alkyl halides is 3. The van der Waals surface area contributed by atoms with Crippen LogP contribution in [0.25, 0.3) is 0 Å². The molecule has 0 aliphatic carbocycles. The average Bonchev–Trinajstić information content (AvgIpc) is 3.31. The van der Waals surface area contributed by atoms with Crippen molar-refractivity contribution >= 4 is 35.8 Å².